The van der Waals surface area contributed by atoms with Crippen molar-refractivity contribution in [1.29, 1.82) is 0 Å². The summed E-state index contributed by atoms with van der Waals surface area (Å²) >= 11 is 1.84. The fraction of sp³-hybridized carbons (Fsp3) is 0.474. The lowest BCUT2D eigenvalue weighted by Gasteiger charge is -2.09. The quantitative estimate of drug-likeness (QED) is 0.577. The molecule has 0 radical (unpaired) electrons. The number of aromatic amines is 1. The molecule has 0 aromatic carbocycles. The number of aryl methyl sites for hydroxylation is 2. The average molecular weight is 364 g/mol. The molecule has 1 N–H and O–H groups in total. The third-order valence-electron chi connectivity index (χ3n) is 5.64. The maximum absolute atomic E-state index is 4.87. The van der Waals surface area contributed by atoms with E-state index >= 15 is 0 Å². The van der Waals surface area contributed by atoms with Crippen molar-refractivity contribution in [1.82, 2.24) is 29.8 Å². The van der Waals surface area contributed by atoms with Gasteiger partial charge in [0.05, 0.1) is 5.39 Å². The van der Waals surface area contributed by atoms with Crippen molar-refractivity contribution in [2.75, 3.05) is 0 Å². The van der Waals surface area contributed by atoms with Gasteiger partial charge in [0.15, 0.2) is 5.65 Å². The maximum atomic E-state index is 4.87. The summed E-state index contributed by atoms with van der Waals surface area (Å²) in [6.07, 6.45) is 11.8. The molecule has 0 aliphatic heterocycles. The van der Waals surface area contributed by atoms with Gasteiger partial charge < -0.3 is 0 Å². The van der Waals surface area contributed by atoms with Crippen LogP contribution in [0.4, 0.5) is 0 Å². The van der Waals surface area contributed by atoms with Crippen molar-refractivity contribution in [3.8, 4) is 11.5 Å². The zero-order chi connectivity index (χ0) is 17.1. The topological polar surface area (TPSA) is 71.8 Å². The van der Waals surface area contributed by atoms with Crippen LogP contribution in [0.3, 0.4) is 0 Å². The zero-order valence-corrected chi connectivity index (χ0v) is 15.3. The van der Waals surface area contributed by atoms with E-state index < -0.39 is 0 Å². The number of nitrogens with one attached hydrogen (secondary N) is 1. The van der Waals surface area contributed by atoms with Crippen molar-refractivity contribution >= 4 is 27.2 Å². The van der Waals surface area contributed by atoms with E-state index in [4.69, 9.17) is 4.98 Å². The minimum atomic E-state index is 0.651. The third-order valence-corrected chi connectivity index (χ3v) is 6.84. The molecule has 1 saturated carbocycles. The summed E-state index contributed by atoms with van der Waals surface area (Å²) in [7, 11) is 0. The van der Waals surface area contributed by atoms with Crippen molar-refractivity contribution < 1.29 is 0 Å². The lowest BCUT2D eigenvalue weighted by Crippen LogP contribution is -1.97. The Balaban J connectivity index is 1.52. The van der Waals surface area contributed by atoms with Gasteiger partial charge in [-0.25, -0.2) is 14.5 Å². The van der Waals surface area contributed by atoms with E-state index in [1.165, 1.54) is 66.5 Å². The molecule has 4 aromatic heterocycles. The van der Waals surface area contributed by atoms with E-state index in [1.807, 2.05) is 15.9 Å². The minimum absolute atomic E-state index is 0.651. The Hall–Kier alpha value is -2.28. The predicted octanol–water partition coefficient (Wildman–Crippen LogP) is 4.27. The second-order valence-corrected chi connectivity index (χ2v) is 8.61. The highest BCUT2D eigenvalue weighted by Gasteiger charge is 2.26. The first-order valence-electron chi connectivity index (χ1n) is 9.58. The van der Waals surface area contributed by atoms with Crippen LogP contribution < -0.4 is 0 Å². The molecule has 0 atom stereocenters. The van der Waals surface area contributed by atoms with E-state index in [0.717, 1.165) is 22.6 Å². The van der Waals surface area contributed by atoms with E-state index in [9.17, 15) is 0 Å². The van der Waals surface area contributed by atoms with Crippen LogP contribution in [0.25, 0.3) is 27.4 Å². The van der Waals surface area contributed by atoms with Crippen LogP contribution in [0.15, 0.2) is 12.4 Å². The summed E-state index contributed by atoms with van der Waals surface area (Å²) in [5, 5.41) is 13.5. The number of aromatic nitrogens is 6. The van der Waals surface area contributed by atoms with Gasteiger partial charge in [-0.3, -0.25) is 5.10 Å². The van der Waals surface area contributed by atoms with Gasteiger partial charge in [-0.1, -0.05) is 12.8 Å². The van der Waals surface area contributed by atoms with Crippen LogP contribution in [0, 0.1) is 0 Å². The molecule has 4 heterocycles. The van der Waals surface area contributed by atoms with Gasteiger partial charge >= 0.3 is 0 Å². The van der Waals surface area contributed by atoms with Crippen molar-refractivity contribution in [2.24, 2.45) is 0 Å². The van der Waals surface area contributed by atoms with Crippen molar-refractivity contribution in [2.45, 2.75) is 57.3 Å². The first-order chi connectivity index (χ1) is 12.9. The smallest absolute Gasteiger partial charge is 0.202 e. The van der Waals surface area contributed by atoms with Crippen LogP contribution >= 0.6 is 11.3 Å². The molecule has 6 nitrogen and oxygen atoms in total. The second kappa shape index (κ2) is 5.61. The predicted molar refractivity (Wildman–Crippen MR) is 102 cm³/mol. The number of H-pyrrole nitrogens is 1. The van der Waals surface area contributed by atoms with Crippen LogP contribution in [-0.4, -0.2) is 29.8 Å². The van der Waals surface area contributed by atoms with Crippen molar-refractivity contribution in [3.63, 3.8) is 0 Å². The molecule has 2 aliphatic carbocycles. The van der Waals surface area contributed by atoms with Gasteiger partial charge in [0.2, 0.25) is 5.82 Å². The molecular formula is C19H20N6S. The monoisotopic (exact) mass is 364 g/mol. The number of nitrogens with zero attached hydrogens (tertiary/aromatic N) is 5. The van der Waals surface area contributed by atoms with E-state index in [-0.39, 0.29) is 0 Å². The molecule has 26 heavy (non-hydrogen) atoms. The summed E-state index contributed by atoms with van der Waals surface area (Å²) in [4.78, 5) is 12.2. The first-order valence-corrected chi connectivity index (χ1v) is 10.4. The minimum Gasteiger partial charge on any atom is -0.282 e. The first kappa shape index (κ1) is 14.8. The Morgan fingerprint density at radius 3 is 2.88 bits per heavy atom. The third kappa shape index (κ3) is 2.30. The number of hydrogen-bond donors (Lipinski definition) is 1. The summed E-state index contributed by atoms with van der Waals surface area (Å²) in [5.41, 5.74) is 4.44. The molecule has 0 saturated heterocycles. The lowest BCUT2D eigenvalue weighted by atomic mass is 9.98. The molecule has 0 bridgehead atoms. The average Bonchev–Trinajstić information content (AvgIpc) is 3.06. The van der Waals surface area contributed by atoms with Gasteiger partial charge in [-0.2, -0.15) is 5.10 Å². The van der Waals surface area contributed by atoms with E-state index in [1.54, 1.807) is 6.33 Å². The van der Waals surface area contributed by atoms with Crippen LogP contribution in [0.2, 0.25) is 0 Å². The van der Waals surface area contributed by atoms with E-state index in [0.29, 0.717) is 11.7 Å². The molecule has 2 aliphatic rings. The summed E-state index contributed by atoms with van der Waals surface area (Å²) in [6, 6.07) is 2.11. The van der Waals surface area contributed by atoms with Gasteiger partial charge in [0.1, 0.15) is 16.9 Å². The second-order valence-electron chi connectivity index (χ2n) is 7.53. The SMILES string of the molecule is c1c(-c2nc3c4c5c(sc4ncn3n2)CCCCCC5)n[nH]c1C1CC1. The molecule has 132 valence electrons. The fourth-order valence-electron chi connectivity index (χ4n) is 4.07. The Bertz CT molecular complexity index is 1120. The Morgan fingerprint density at radius 2 is 2.00 bits per heavy atom. The number of rotatable bonds is 2. The molecule has 6 rings (SSSR count). The normalized spacial score (nSPS) is 18.2. The van der Waals surface area contributed by atoms with Crippen LogP contribution in [0.1, 0.15) is 60.6 Å². The molecule has 0 unspecified atom stereocenters. The van der Waals surface area contributed by atoms with Crippen LogP contribution in [-0.2, 0) is 12.8 Å². The highest BCUT2D eigenvalue weighted by molar-refractivity contribution is 7.19. The Morgan fingerprint density at radius 1 is 1.12 bits per heavy atom. The number of hydrogen-bond acceptors (Lipinski definition) is 5. The molecule has 0 spiro atoms. The van der Waals surface area contributed by atoms with E-state index in [2.05, 4.69) is 26.3 Å². The summed E-state index contributed by atoms with van der Waals surface area (Å²) in [5.74, 6) is 1.34. The number of thiophene rings is 1. The van der Waals surface area contributed by atoms with Gasteiger partial charge in [-0.05, 0) is 50.2 Å². The number of fused-ring (bicyclic) bond motifs is 5. The van der Waals surface area contributed by atoms with Gasteiger partial charge in [0, 0.05) is 16.5 Å². The highest BCUT2D eigenvalue weighted by atomic mass is 32.1. The van der Waals surface area contributed by atoms with Gasteiger partial charge in [0.25, 0.3) is 0 Å². The molecule has 1 fully saturated rings. The Labute approximate surface area is 154 Å². The molecule has 4 aromatic rings. The standard InChI is InChI=1S/C19H20N6S/c1-2-4-6-15-12(5-3-1)16-18-21-17(24-25(18)10-20-19(16)26-15)14-9-13(22-23-14)11-7-8-11/h9-11H,1-8H2,(H,22,23). The van der Waals surface area contributed by atoms with Gasteiger partial charge in [-0.15, -0.1) is 16.4 Å². The summed E-state index contributed by atoms with van der Waals surface area (Å²) < 4.78 is 1.83. The lowest BCUT2D eigenvalue weighted by molar-refractivity contribution is 0.624. The zero-order valence-electron chi connectivity index (χ0n) is 14.5. The largest absolute Gasteiger partial charge is 0.282 e. The Kier molecular flexibility index (Phi) is 3.20. The summed E-state index contributed by atoms with van der Waals surface area (Å²) in [6.45, 7) is 0. The fourth-order valence-corrected chi connectivity index (χ4v) is 5.29. The molecule has 7 heteroatoms. The van der Waals surface area contributed by atoms with Crippen LogP contribution in [0.5, 0.6) is 0 Å². The maximum Gasteiger partial charge on any atom is 0.202 e. The molecular weight excluding hydrogens is 344 g/mol. The highest BCUT2D eigenvalue weighted by Crippen LogP contribution is 2.40. The molecule has 0 amide bonds. The van der Waals surface area contributed by atoms with Crippen molar-refractivity contribution in [3.05, 3.63) is 28.5 Å².